The van der Waals surface area contributed by atoms with Crippen molar-refractivity contribution in [1.29, 1.82) is 0 Å². The van der Waals surface area contributed by atoms with Crippen LogP contribution in [0.3, 0.4) is 0 Å². The van der Waals surface area contributed by atoms with Crippen LogP contribution in [0, 0.1) is 17.8 Å². The van der Waals surface area contributed by atoms with E-state index < -0.39 is 5.60 Å². The highest BCUT2D eigenvalue weighted by molar-refractivity contribution is 9.10. The van der Waals surface area contributed by atoms with Crippen LogP contribution in [-0.4, -0.2) is 5.11 Å². The van der Waals surface area contributed by atoms with Crippen LogP contribution in [0.15, 0.2) is 28.7 Å². The molecule has 0 aliphatic heterocycles. The molecular weight excluding hydrogens is 300 g/mol. The second kappa shape index (κ2) is 5.21. The van der Waals surface area contributed by atoms with Crippen LogP contribution in [0.4, 0.5) is 0 Å². The third kappa shape index (κ3) is 2.62. The predicted octanol–water partition coefficient (Wildman–Crippen LogP) is 4.87. The third-order valence-electron chi connectivity index (χ3n) is 5.43. The first kappa shape index (κ1) is 13.6. The summed E-state index contributed by atoms with van der Waals surface area (Å²) in [5.41, 5.74) is 0.436. The van der Waals surface area contributed by atoms with E-state index in [0.29, 0.717) is 0 Å². The van der Waals surface area contributed by atoms with Crippen LogP contribution in [-0.2, 0) is 5.60 Å². The molecule has 104 valence electrons. The summed E-state index contributed by atoms with van der Waals surface area (Å²) in [5, 5.41) is 11.1. The van der Waals surface area contributed by atoms with Crippen molar-refractivity contribution in [3.63, 3.8) is 0 Å². The Morgan fingerprint density at radius 1 is 1.32 bits per heavy atom. The van der Waals surface area contributed by atoms with Gasteiger partial charge in [0.25, 0.3) is 0 Å². The number of rotatable bonds is 4. The molecule has 1 N–H and O–H groups in total. The molecule has 1 aromatic rings. The summed E-state index contributed by atoms with van der Waals surface area (Å²) in [6.07, 6.45) is 7.35. The van der Waals surface area contributed by atoms with Gasteiger partial charge in [0, 0.05) is 4.47 Å². The van der Waals surface area contributed by atoms with Gasteiger partial charge >= 0.3 is 0 Å². The van der Waals surface area contributed by atoms with Gasteiger partial charge in [-0.2, -0.15) is 0 Å². The standard InChI is InChI=1S/C17H23BrO/c1-2-17(19,15-4-3-5-16(18)10-15)11-14-9-12-6-7-13(14)8-12/h3-5,10,12-14,19H,2,6-9,11H2,1H3. The maximum absolute atomic E-state index is 11.1. The lowest BCUT2D eigenvalue weighted by Gasteiger charge is -2.33. The predicted molar refractivity (Wildman–Crippen MR) is 81.9 cm³/mol. The van der Waals surface area contributed by atoms with Gasteiger partial charge in [0.15, 0.2) is 0 Å². The Morgan fingerprint density at radius 3 is 2.74 bits per heavy atom. The lowest BCUT2D eigenvalue weighted by Crippen LogP contribution is -2.30. The number of hydrogen-bond acceptors (Lipinski definition) is 1. The molecule has 2 bridgehead atoms. The fourth-order valence-corrected chi connectivity index (χ4v) is 4.70. The molecule has 0 heterocycles. The molecule has 2 aliphatic carbocycles. The van der Waals surface area contributed by atoms with E-state index in [9.17, 15) is 5.11 Å². The Bertz CT molecular complexity index is 458. The van der Waals surface area contributed by atoms with Gasteiger partial charge < -0.3 is 5.11 Å². The van der Waals surface area contributed by atoms with E-state index in [1.54, 1.807) is 0 Å². The molecule has 0 saturated heterocycles. The zero-order valence-electron chi connectivity index (χ0n) is 11.6. The van der Waals surface area contributed by atoms with Gasteiger partial charge in [0.05, 0.1) is 5.60 Å². The van der Waals surface area contributed by atoms with Gasteiger partial charge in [-0.1, -0.05) is 41.4 Å². The molecule has 2 aliphatic rings. The summed E-state index contributed by atoms with van der Waals surface area (Å²) < 4.78 is 1.06. The molecule has 0 aromatic heterocycles. The number of fused-ring (bicyclic) bond motifs is 2. The lowest BCUT2D eigenvalue weighted by molar-refractivity contribution is -0.00138. The summed E-state index contributed by atoms with van der Waals surface area (Å²) >= 11 is 3.52. The van der Waals surface area contributed by atoms with Gasteiger partial charge in [0.1, 0.15) is 0 Å². The van der Waals surface area contributed by atoms with E-state index in [-0.39, 0.29) is 0 Å². The number of benzene rings is 1. The lowest BCUT2D eigenvalue weighted by atomic mass is 9.76. The van der Waals surface area contributed by atoms with Crippen molar-refractivity contribution in [2.45, 2.75) is 51.0 Å². The van der Waals surface area contributed by atoms with Crippen LogP contribution >= 0.6 is 15.9 Å². The van der Waals surface area contributed by atoms with E-state index in [1.165, 1.54) is 25.7 Å². The highest BCUT2D eigenvalue weighted by atomic mass is 79.9. The van der Waals surface area contributed by atoms with Crippen molar-refractivity contribution in [2.24, 2.45) is 17.8 Å². The smallest absolute Gasteiger partial charge is 0.0897 e. The van der Waals surface area contributed by atoms with Crippen molar-refractivity contribution in [3.8, 4) is 0 Å². The molecular formula is C17H23BrO. The molecule has 4 unspecified atom stereocenters. The highest BCUT2D eigenvalue weighted by Crippen LogP contribution is 2.52. The average Bonchev–Trinajstić information content (AvgIpc) is 3.01. The minimum atomic E-state index is -0.640. The first-order valence-corrected chi connectivity index (χ1v) is 8.38. The zero-order chi connectivity index (χ0) is 13.5. The molecule has 2 heteroatoms. The van der Waals surface area contributed by atoms with Crippen molar-refractivity contribution >= 4 is 15.9 Å². The second-order valence-electron chi connectivity index (χ2n) is 6.53. The van der Waals surface area contributed by atoms with Crippen LogP contribution in [0.25, 0.3) is 0 Å². The Labute approximate surface area is 124 Å². The summed E-state index contributed by atoms with van der Waals surface area (Å²) in [6.45, 7) is 2.11. The van der Waals surface area contributed by atoms with Gasteiger partial charge in [-0.05, 0) is 67.6 Å². The molecule has 1 aromatic carbocycles. The molecule has 0 amide bonds. The zero-order valence-corrected chi connectivity index (χ0v) is 13.2. The highest BCUT2D eigenvalue weighted by Gasteiger charge is 2.43. The molecule has 0 radical (unpaired) electrons. The molecule has 19 heavy (non-hydrogen) atoms. The van der Waals surface area contributed by atoms with Crippen molar-refractivity contribution in [1.82, 2.24) is 0 Å². The quantitative estimate of drug-likeness (QED) is 0.838. The number of halogens is 1. The van der Waals surface area contributed by atoms with E-state index in [4.69, 9.17) is 0 Å². The topological polar surface area (TPSA) is 20.2 Å². The van der Waals surface area contributed by atoms with E-state index in [1.807, 2.05) is 12.1 Å². The van der Waals surface area contributed by atoms with Gasteiger partial charge in [-0.3, -0.25) is 0 Å². The molecule has 2 fully saturated rings. The van der Waals surface area contributed by atoms with Crippen molar-refractivity contribution in [3.05, 3.63) is 34.3 Å². The normalized spacial score (nSPS) is 32.5. The van der Waals surface area contributed by atoms with Crippen LogP contribution in [0.2, 0.25) is 0 Å². The largest absolute Gasteiger partial charge is 0.385 e. The van der Waals surface area contributed by atoms with Crippen molar-refractivity contribution in [2.75, 3.05) is 0 Å². The first-order valence-electron chi connectivity index (χ1n) is 7.59. The summed E-state index contributed by atoms with van der Waals surface area (Å²) in [6, 6.07) is 8.20. The Morgan fingerprint density at radius 2 is 2.16 bits per heavy atom. The monoisotopic (exact) mass is 322 g/mol. The molecule has 0 spiro atoms. The summed E-state index contributed by atoms with van der Waals surface area (Å²) in [7, 11) is 0. The maximum atomic E-state index is 11.1. The summed E-state index contributed by atoms with van der Waals surface area (Å²) in [4.78, 5) is 0. The average molecular weight is 323 g/mol. The molecule has 1 nitrogen and oxygen atoms in total. The molecule has 2 saturated carbocycles. The minimum absolute atomic E-state index is 0.640. The van der Waals surface area contributed by atoms with E-state index >= 15 is 0 Å². The van der Waals surface area contributed by atoms with Gasteiger partial charge in [0.2, 0.25) is 0 Å². The Hall–Kier alpha value is -0.340. The van der Waals surface area contributed by atoms with Crippen LogP contribution in [0.1, 0.15) is 51.0 Å². The number of hydrogen-bond donors (Lipinski definition) is 1. The van der Waals surface area contributed by atoms with E-state index in [0.717, 1.165) is 40.6 Å². The maximum Gasteiger partial charge on any atom is 0.0897 e. The second-order valence-corrected chi connectivity index (χ2v) is 7.45. The Balaban J connectivity index is 1.79. The fraction of sp³-hybridized carbons (Fsp3) is 0.647. The SMILES string of the molecule is CCC(O)(CC1CC2CCC1C2)c1cccc(Br)c1. The first-order chi connectivity index (χ1) is 9.10. The van der Waals surface area contributed by atoms with E-state index in [2.05, 4.69) is 35.0 Å². The number of aliphatic hydroxyl groups is 1. The Kier molecular flexibility index (Phi) is 3.74. The minimum Gasteiger partial charge on any atom is -0.385 e. The van der Waals surface area contributed by atoms with Gasteiger partial charge in [-0.15, -0.1) is 0 Å². The molecule has 4 atom stereocenters. The fourth-order valence-electron chi connectivity index (χ4n) is 4.30. The van der Waals surface area contributed by atoms with Crippen molar-refractivity contribution < 1.29 is 5.11 Å². The molecule has 3 rings (SSSR count). The van der Waals surface area contributed by atoms with Gasteiger partial charge in [-0.25, -0.2) is 0 Å². The summed E-state index contributed by atoms with van der Waals surface area (Å²) in [5.74, 6) is 2.58. The third-order valence-corrected chi connectivity index (χ3v) is 5.92. The van der Waals surface area contributed by atoms with Crippen LogP contribution in [0.5, 0.6) is 0 Å². The van der Waals surface area contributed by atoms with Crippen LogP contribution < -0.4 is 0 Å².